The van der Waals surface area contributed by atoms with Crippen molar-refractivity contribution in [3.05, 3.63) is 106 Å². The van der Waals surface area contributed by atoms with Crippen LogP contribution < -0.4 is 9.64 Å². The zero-order chi connectivity index (χ0) is 32.2. The quantitative estimate of drug-likeness (QED) is 0.0354. The lowest BCUT2D eigenvalue weighted by atomic mass is 9.96. The molecule has 12 heteroatoms. The van der Waals surface area contributed by atoms with Gasteiger partial charge in [-0.1, -0.05) is 97.3 Å². The maximum Gasteiger partial charge on any atom is 0.301 e. The molecule has 0 spiro atoms. The van der Waals surface area contributed by atoms with Crippen molar-refractivity contribution in [2.75, 3.05) is 11.5 Å². The first-order valence-corrected chi connectivity index (χ1v) is 17.2. The molecule has 1 saturated heterocycles. The number of anilines is 1. The number of hydrogen-bond donors (Lipinski definition) is 1. The molecule has 236 valence electrons. The van der Waals surface area contributed by atoms with Gasteiger partial charge in [-0.05, 0) is 54.8 Å². The first kappa shape index (κ1) is 31.8. The largest absolute Gasteiger partial charge is 0.505 e. The van der Waals surface area contributed by atoms with Gasteiger partial charge in [0, 0.05) is 17.0 Å². The number of amides is 1. The van der Waals surface area contributed by atoms with E-state index in [1.165, 1.54) is 28.0 Å². The van der Waals surface area contributed by atoms with E-state index >= 15 is 0 Å². The Bertz CT molecular complexity index is 1920. The van der Waals surface area contributed by atoms with E-state index in [-0.39, 0.29) is 16.5 Å². The summed E-state index contributed by atoms with van der Waals surface area (Å²) in [5.41, 5.74) is 2.99. The molecule has 1 unspecified atom stereocenters. The Hall–Kier alpha value is -4.19. The van der Waals surface area contributed by atoms with Crippen molar-refractivity contribution in [1.82, 2.24) is 19.6 Å². The zero-order valence-electron chi connectivity index (χ0n) is 25.4. The lowest BCUT2D eigenvalue weighted by molar-refractivity contribution is -0.132. The van der Waals surface area contributed by atoms with Crippen molar-refractivity contribution in [3.63, 3.8) is 0 Å². The van der Waals surface area contributed by atoms with E-state index in [4.69, 9.17) is 16.3 Å². The fraction of sp³-hybridized carbons (Fsp3) is 0.265. The molecule has 9 nitrogen and oxygen atoms in total. The summed E-state index contributed by atoms with van der Waals surface area (Å²) >= 11 is 8.97. The molecule has 0 aliphatic carbocycles. The number of pyridine rings is 1. The highest BCUT2D eigenvalue weighted by Crippen LogP contribution is 2.44. The normalized spacial score (nSPS) is 16.1. The molecule has 5 aromatic rings. The monoisotopic (exact) mass is 673 g/mol. The van der Waals surface area contributed by atoms with Gasteiger partial charge in [-0.3, -0.25) is 18.9 Å². The molecular weight excluding hydrogens is 642 g/mol. The van der Waals surface area contributed by atoms with Crippen LogP contribution in [0.5, 0.6) is 5.75 Å². The Kier molecular flexibility index (Phi) is 9.72. The number of aliphatic hydroxyl groups excluding tert-OH is 1. The predicted octanol–water partition coefficient (Wildman–Crippen LogP) is 8.03. The van der Waals surface area contributed by atoms with Crippen molar-refractivity contribution in [3.8, 4) is 5.75 Å². The Labute approximate surface area is 279 Å². The van der Waals surface area contributed by atoms with E-state index in [2.05, 4.69) is 22.1 Å². The van der Waals surface area contributed by atoms with E-state index in [9.17, 15) is 14.7 Å². The number of carbonyl (C=O) groups excluding carboxylic acids is 2. The van der Waals surface area contributed by atoms with Crippen molar-refractivity contribution in [2.45, 2.75) is 55.7 Å². The van der Waals surface area contributed by atoms with Crippen LogP contribution in [0.3, 0.4) is 0 Å². The molecule has 1 atom stereocenters. The molecular formula is C34H32ClN5O4S2. The lowest BCUT2D eigenvalue weighted by Crippen LogP contribution is -2.29. The molecule has 1 N–H and O–H groups in total. The SMILES string of the molecule is CCCCCCOc1ccc(C2C(=C(O)c3c(C)nc4ccccn34)C(=O)C(=O)N2c2nnc(SCc3ccccc3Cl)s2)cc1. The summed E-state index contributed by atoms with van der Waals surface area (Å²) in [5, 5.41) is 21.3. The maximum atomic E-state index is 13.8. The number of fused-ring (bicyclic) bond motifs is 1. The van der Waals surface area contributed by atoms with E-state index in [0.717, 1.165) is 31.2 Å². The number of Topliss-reactive ketones (excluding diaryl/α,β-unsaturated/α-hetero) is 1. The van der Waals surface area contributed by atoms with Gasteiger partial charge in [-0.15, -0.1) is 10.2 Å². The van der Waals surface area contributed by atoms with E-state index in [0.29, 0.717) is 50.1 Å². The standard InChI is InChI=1S/C34H32ClN5O4S2/c1-3-4-5-10-19-44-24-16-14-22(15-17-24)29-27(30(41)28-21(2)36-26-13-8-9-18-39(26)28)31(42)32(43)40(29)33-37-38-34(46-33)45-20-23-11-6-7-12-25(23)35/h6-9,11-18,29,41H,3-5,10,19-20H2,1-2H3. The molecule has 46 heavy (non-hydrogen) atoms. The highest BCUT2D eigenvalue weighted by molar-refractivity contribution is 8.00. The van der Waals surface area contributed by atoms with E-state index in [1.54, 1.807) is 17.5 Å². The number of carbonyl (C=O) groups is 2. The molecule has 2 aromatic carbocycles. The van der Waals surface area contributed by atoms with E-state index < -0.39 is 17.7 Å². The zero-order valence-corrected chi connectivity index (χ0v) is 27.7. The fourth-order valence-corrected chi connectivity index (χ4v) is 7.60. The molecule has 0 radical (unpaired) electrons. The number of benzene rings is 2. The summed E-state index contributed by atoms with van der Waals surface area (Å²) in [6.45, 7) is 4.53. The summed E-state index contributed by atoms with van der Waals surface area (Å²) in [6.07, 6.45) is 6.14. The fourth-order valence-electron chi connectivity index (χ4n) is 5.45. The number of ketones is 1. The highest BCUT2D eigenvalue weighted by Gasteiger charge is 2.49. The third-order valence-corrected chi connectivity index (χ3v) is 10.2. The second-order valence-electron chi connectivity index (χ2n) is 10.9. The smallest absolute Gasteiger partial charge is 0.301 e. The topological polar surface area (TPSA) is 110 Å². The van der Waals surface area contributed by atoms with Crippen LogP contribution in [-0.2, 0) is 15.3 Å². The van der Waals surface area contributed by atoms with Gasteiger partial charge in [0.25, 0.3) is 5.78 Å². The summed E-state index contributed by atoms with van der Waals surface area (Å²) in [7, 11) is 0. The second kappa shape index (κ2) is 14.1. The van der Waals surface area contributed by atoms with Gasteiger partial charge in [-0.2, -0.15) is 0 Å². The number of hydrogen-bond acceptors (Lipinski definition) is 9. The van der Waals surface area contributed by atoms with Crippen molar-refractivity contribution in [2.24, 2.45) is 0 Å². The Morgan fingerprint density at radius 2 is 1.80 bits per heavy atom. The average Bonchev–Trinajstić information content (AvgIpc) is 3.74. The Balaban J connectivity index is 1.37. The molecule has 1 fully saturated rings. The summed E-state index contributed by atoms with van der Waals surface area (Å²) in [6, 6.07) is 19.3. The summed E-state index contributed by atoms with van der Waals surface area (Å²) in [5.74, 6) is -0.679. The van der Waals surface area contributed by atoms with Crippen LogP contribution in [0.1, 0.15) is 61.2 Å². The summed E-state index contributed by atoms with van der Waals surface area (Å²) in [4.78, 5) is 33.4. The number of thioether (sulfide) groups is 1. The highest BCUT2D eigenvalue weighted by atomic mass is 35.5. The predicted molar refractivity (Wildman–Crippen MR) is 182 cm³/mol. The van der Waals surface area contributed by atoms with Crippen LogP contribution in [0.15, 0.2) is 82.8 Å². The van der Waals surface area contributed by atoms with E-state index in [1.807, 2.05) is 66.7 Å². The Morgan fingerprint density at radius 1 is 1.02 bits per heavy atom. The molecule has 3 aromatic heterocycles. The molecule has 6 rings (SSSR count). The molecule has 1 amide bonds. The van der Waals surface area contributed by atoms with Crippen molar-refractivity contribution < 1.29 is 19.4 Å². The number of halogens is 1. The van der Waals surface area contributed by atoms with Gasteiger partial charge in [0.15, 0.2) is 10.1 Å². The number of aromatic nitrogens is 4. The minimum absolute atomic E-state index is 0.0487. The number of imidazole rings is 1. The number of aliphatic hydroxyl groups is 1. The van der Waals surface area contributed by atoms with Crippen LogP contribution in [-0.4, -0.2) is 43.0 Å². The van der Waals surface area contributed by atoms with Gasteiger partial charge in [0.05, 0.1) is 23.9 Å². The molecule has 1 aliphatic heterocycles. The van der Waals surface area contributed by atoms with Gasteiger partial charge < -0.3 is 9.84 Å². The number of ether oxygens (including phenoxy) is 1. The third-order valence-electron chi connectivity index (χ3n) is 7.75. The van der Waals surface area contributed by atoms with Gasteiger partial charge in [0.1, 0.15) is 17.1 Å². The maximum absolute atomic E-state index is 13.8. The molecule has 4 heterocycles. The minimum atomic E-state index is -0.957. The van der Waals surface area contributed by atoms with Gasteiger partial charge in [0.2, 0.25) is 5.13 Å². The number of aryl methyl sites for hydroxylation is 1. The minimum Gasteiger partial charge on any atom is -0.505 e. The number of unbranched alkanes of at least 4 members (excludes halogenated alkanes) is 3. The lowest BCUT2D eigenvalue weighted by Gasteiger charge is -2.22. The van der Waals surface area contributed by atoms with Crippen LogP contribution in [0, 0.1) is 6.92 Å². The molecule has 1 aliphatic rings. The van der Waals surface area contributed by atoms with Crippen molar-refractivity contribution in [1.29, 1.82) is 0 Å². The Morgan fingerprint density at radius 3 is 2.59 bits per heavy atom. The number of rotatable bonds is 12. The van der Waals surface area contributed by atoms with Gasteiger partial charge in [-0.25, -0.2) is 4.98 Å². The first-order valence-electron chi connectivity index (χ1n) is 15.0. The second-order valence-corrected chi connectivity index (χ2v) is 13.4. The average molecular weight is 674 g/mol. The molecule has 0 saturated carbocycles. The van der Waals surface area contributed by atoms with Gasteiger partial charge >= 0.3 is 5.91 Å². The van der Waals surface area contributed by atoms with Crippen LogP contribution >= 0.6 is 34.7 Å². The number of nitrogens with zero attached hydrogens (tertiary/aromatic N) is 5. The third kappa shape index (κ3) is 6.40. The van der Waals surface area contributed by atoms with Crippen molar-refractivity contribution >= 4 is 62.9 Å². The first-order chi connectivity index (χ1) is 22.4. The summed E-state index contributed by atoms with van der Waals surface area (Å²) < 4.78 is 8.26. The van der Waals surface area contributed by atoms with Crippen LogP contribution in [0.2, 0.25) is 5.02 Å². The van der Waals surface area contributed by atoms with Crippen LogP contribution in [0.4, 0.5) is 5.13 Å². The molecule has 0 bridgehead atoms. The van der Waals surface area contributed by atoms with Crippen LogP contribution in [0.25, 0.3) is 11.4 Å².